The van der Waals surface area contributed by atoms with E-state index in [1.54, 1.807) is 18.2 Å². The van der Waals surface area contributed by atoms with E-state index in [4.69, 9.17) is 0 Å². The van der Waals surface area contributed by atoms with Gasteiger partial charge in [0.2, 0.25) is 0 Å². The van der Waals surface area contributed by atoms with Crippen LogP contribution in [0.15, 0.2) is 47.5 Å². The zero-order chi connectivity index (χ0) is 18.0. The minimum Gasteiger partial charge on any atom is -1.00 e. The van der Waals surface area contributed by atoms with Gasteiger partial charge in [-0.3, -0.25) is 15.1 Å². The Hall–Kier alpha value is -2.35. The van der Waals surface area contributed by atoms with Crippen LogP contribution in [-0.4, -0.2) is 46.9 Å². The topological polar surface area (TPSA) is 83.9 Å². The van der Waals surface area contributed by atoms with Gasteiger partial charge in [0, 0.05) is 18.0 Å². The number of nitro groups is 1. The summed E-state index contributed by atoms with van der Waals surface area (Å²) in [5.41, 5.74) is 0.888. The number of fused-ring (bicyclic) bond motifs is 2. The zero-order valence-electron chi connectivity index (χ0n) is 15.0. The molecule has 1 heterocycles. The highest BCUT2D eigenvalue weighted by Crippen LogP contribution is 2.25. The molecule has 0 saturated heterocycles. The van der Waals surface area contributed by atoms with Gasteiger partial charge in [0.25, 0.3) is 5.69 Å². The van der Waals surface area contributed by atoms with Crippen LogP contribution in [0.2, 0.25) is 0 Å². The van der Waals surface area contributed by atoms with E-state index in [1.165, 1.54) is 6.07 Å². The van der Waals surface area contributed by atoms with Crippen molar-refractivity contribution in [2.24, 2.45) is 4.99 Å². The fourth-order valence-electron chi connectivity index (χ4n) is 2.96. The molecule has 9 heteroatoms. The van der Waals surface area contributed by atoms with Crippen molar-refractivity contribution in [3.8, 4) is 0 Å². The number of hydrogen-bond acceptors (Lipinski definition) is 5. The van der Waals surface area contributed by atoms with Gasteiger partial charge in [-0.15, -0.1) is 12.4 Å². The van der Waals surface area contributed by atoms with Gasteiger partial charge in [-0.25, -0.2) is 0 Å². The van der Waals surface area contributed by atoms with Crippen LogP contribution in [0.25, 0.3) is 21.8 Å². The van der Waals surface area contributed by atoms with Gasteiger partial charge in [0.15, 0.2) is 0 Å². The van der Waals surface area contributed by atoms with Crippen LogP contribution >= 0.6 is 12.4 Å². The highest BCUT2D eigenvalue weighted by Gasteiger charge is 2.18. The Bertz CT molecular complexity index is 1020. The molecule has 7 nitrogen and oxygen atoms in total. The van der Waals surface area contributed by atoms with Gasteiger partial charge >= 0.3 is 0 Å². The lowest BCUT2D eigenvalue weighted by atomic mass is 10.1. The van der Waals surface area contributed by atoms with Crippen molar-refractivity contribution < 1.29 is 22.5 Å². The van der Waals surface area contributed by atoms with Crippen LogP contribution in [0.3, 0.4) is 0 Å². The number of hydrogen-bond donors (Lipinski definition) is 1. The fourth-order valence-corrected chi connectivity index (χ4v) is 2.96. The molecule has 2 aromatic carbocycles. The molecular formula is C18H21Cl2N4O3-. The monoisotopic (exact) mass is 411 g/mol. The summed E-state index contributed by atoms with van der Waals surface area (Å²) in [7, 11) is 3.99. The van der Waals surface area contributed by atoms with Crippen LogP contribution in [0.1, 0.15) is 6.42 Å². The standard InChI is InChI=1S/C18H20N4O3.2ClH/c1-20(2)12-6-11-19-18-13-7-3-4-8-14(13)21(23)15-9-5-10-16(17(15)18)22(24)25;;/h3-5,7-10,23H,6,11-12H2,1-2H3;2*1H/p-1. The molecule has 3 aromatic rings. The summed E-state index contributed by atoms with van der Waals surface area (Å²) >= 11 is 0. The Labute approximate surface area is 168 Å². The second-order valence-corrected chi connectivity index (χ2v) is 6.14. The predicted molar refractivity (Wildman–Crippen MR) is 104 cm³/mol. The van der Waals surface area contributed by atoms with E-state index < -0.39 is 4.92 Å². The maximum absolute atomic E-state index is 11.5. The normalized spacial score (nSPS) is 11.4. The first kappa shape index (κ1) is 22.7. The third-order valence-electron chi connectivity index (χ3n) is 4.10. The van der Waals surface area contributed by atoms with Crippen LogP contribution in [0, 0.1) is 10.1 Å². The maximum atomic E-state index is 11.5. The van der Waals surface area contributed by atoms with Crippen molar-refractivity contribution in [3.05, 3.63) is 57.9 Å². The number of benzene rings is 2. The molecule has 3 rings (SSSR count). The minimum atomic E-state index is -0.435. The first-order valence-corrected chi connectivity index (χ1v) is 8.06. The molecule has 27 heavy (non-hydrogen) atoms. The molecule has 146 valence electrons. The number of aromatic nitrogens is 1. The van der Waals surface area contributed by atoms with Gasteiger partial charge in [0.1, 0.15) is 5.39 Å². The second kappa shape index (κ2) is 9.55. The smallest absolute Gasteiger partial charge is 0.281 e. The molecule has 0 radical (unpaired) electrons. The molecule has 0 saturated carbocycles. The van der Waals surface area contributed by atoms with E-state index in [1.807, 2.05) is 32.3 Å². The number of non-ortho nitro benzene ring substituents is 1. The Kier molecular flexibility index (Phi) is 8.02. The van der Waals surface area contributed by atoms with Crippen molar-refractivity contribution in [1.29, 1.82) is 0 Å². The average molecular weight is 412 g/mol. The summed E-state index contributed by atoms with van der Waals surface area (Å²) in [6.07, 6.45) is 0.845. The molecule has 0 unspecified atom stereocenters. The van der Waals surface area contributed by atoms with Crippen LogP contribution < -0.4 is 17.8 Å². The number of pyridine rings is 1. The molecule has 0 bridgehead atoms. The molecule has 0 aliphatic carbocycles. The van der Waals surface area contributed by atoms with Gasteiger partial charge in [0.05, 0.1) is 21.3 Å². The van der Waals surface area contributed by atoms with Crippen molar-refractivity contribution in [3.63, 3.8) is 0 Å². The minimum absolute atomic E-state index is 0. The average Bonchev–Trinajstić information content (AvgIpc) is 2.60. The van der Waals surface area contributed by atoms with Crippen molar-refractivity contribution in [1.82, 2.24) is 9.63 Å². The number of nitro benzene ring substituents is 1. The third-order valence-corrected chi connectivity index (χ3v) is 4.10. The Morgan fingerprint density at radius 1 is 1.15 bits per heavy atom. The molecular weight excluding hydrogens is 391 g/mol. The number of para-hydroxylation sites is 1. The number of nitrogens with zero attached hydrogens (tertiary/aromatic N) is 4. The lowest BCUT2D eigenvalue weighted by molar-refractivity contribution is -0.383. The summed E-state index contributed by atoms with van der Waals surface area (Å²) in [4.78, 5) is 17.8. The molecule has 0 aliphatic heterocycles. The molecule has 1 aromatic heterocycles. The Balaban J connectivity index is 0.00000182. The molecule has 0 fully saturated rings. The second-order valence-electron chi connectivity index (χ2n) is 6.14. The highest BCUT2D eigenvalue weighted by atomic mass is 35.5. The van der Waals surface area contributed by atoms with E-state index in [0.29, 0.717) is 33.7 Å². The summed E-state index contributed by atoms with van der Waals surface area (Å²) in [5, 5.41) is 23.6. The molecule has 1 N–H and O–H groups in total. The Morgan fingerprint density at radius 3 is 2.48 bits per heavy atom. The molecule has 0 atom stereocenters. The zero-order valence-corrected chi connectivity index (χ0v) is 16.6. The summed E-state index contributed by atoms with van der Waals surface area (Å²) in [5.74, 6) is 0. The molecule has 0 aliphatic rings. The van der Waals surface area contributed by atoms with Gasteiger partial charge in [-0.05, 0) is 39.2 Å². The predicted octanol–water partition coefficient (Wildman–Crippen LogP) is 0.218. The maximum Gasteiger partial charge on any atom is 0.281 e. The summed E-state index contributed by atoms with van der Waals surface area (Å²) < 4.78 is 0.997. The first-order valence-electron chi connectivity index (χ1n) is 8.06. The van der Waals surface area contributed by atoms with Gasteiger partial charge in [-0.1, -0.05) is 24.3 Å². The quantitative estimate of drug-likeness (QED) is 0.214. The van der Waals surface area contributed by atoms with E-state index >= 15 is 0 Å². The lowest BCUT2D eigenvalue weighted by Crippen LogP contribution is -3.00. The van der Waals surface area contributed by atoms with E-state index in [9.17, 15) is 15.3 Å². The van der Waals surface area contributed by atoms with Crippen LogP contribution in [-0.2, 0) is 0 Å². The van der Waals surface area contributed by atoms with E-state index in [0.717, 1.165) is 17.7 Å². The largest absolute Gasteiger partial charge is 1.00 e. The lowest BCUT2D eigenvalue weighted by Gasteiger charge is -2.11. The van der Waals surface area contributed by atoms with Crippen LogP contribution in [0.4, 0.5) is 5.69 Å². The summed E-state index contributed by atoms with van der Waals surface area (Å²) in [6, 6.07) is 11.9. The van der Waals surface area contributed by atoms with Crippen molar-refractivity contribution in [2.75, 3.05) is 27.2 Å². The van der Waals surface area contributed by atoms with Gasteiger partial charge in [-0.2, -0.15) is 4.73 Å². The van der Waals surface area contributed by atoms with Crippen LogP contribution in [0.5, 0.6) is 0 Å². The highest BCUT2D eigenvalue weighted by molar-refractivity contribution is 5.97. The number of rotatable bonds is 5. The fraction of sp³-hybridized carbons (Fsp3) is 0.278. The SMILES string of the molecule is CN(C)CCCN=c1c2ccccc2n(O)c2cccc([N+](=O)[O-])c12.Cl.[Cl-]. The third kappa shape index (κ3) is 4.50. The van der Waals surface area contributed by atoms with Crippen molar-refractivity contribution in [2.45, 2.75) is 6.42 Å². The molecule has 0 amide bonds. The van der Waals surface area contributed by atoms with E-state index in [2.05, 4.69) is 9.89 Å². The van der Waals surface area contributed by atoms with E-state index in [-0.39, 0.29) is 30.5 Å². The molecule has 0 spiro atoms. The van der Waals surface area contributed by atoms with Crippen molar-refractivity contribution >= 4 is 39.9 Å². The number of halogens is 2. The Morgan fingerprint density at radius 2 is 1.81 bits per heavy atom. The first-order chi connectivity index (χ1) is 12.0. The summed E-state index contributed by atoms with van der Waals surface area (Å²) in [6.45, 7) is 1.44. The van der Waals surface area contributed by atoms with Gasteiger partial charge < -0.3 is 22.5 Å².